The molecule has 0 aliphatic carbocycles. The van der Waals surface area contributed by atoms with Gasteiger partial charge < -0.3 is 10.1 Å². The van der Waals surface area contributed by atoms with E-state index < -0.39 is 6.10 Å². The van der Waals surface area contributed by atoms with Gasteiger partial charge in [-0.05, 0) is 31.2 Å². The molecule has 1 unspecified atom stereocenters. The first-order valence-electron chi connectivity index (χ1n) is 4.77. The fourth-order valence-electron chi connectivity index (χ4n) is 1.05. The van der Waals surface area contributed by atoms with Gasteiger partial charge in [0.1, 0.15) is 11.6 Å². The molecule has 0 saturated heterocycles. The van der Waals surface area contributed by atoms with E-state index in [4.69, 9.17) is 11.2 Å². The number of hydrogen-bond acceptors (Lipinski definition) is 2. The van der Waals surface area contributed by atoms with E-state index in [1.54, 1.807) is 6.92 Å². The molecule has 1 aromatic rings. The van der Waals surface area contributed by atoms with Crippen molar-refractivity contribution in [2.45, 2.75) is 13.0 Å². The van der Waals surface area contributed by atoms with Crippen LogP contribution in [0.5, 0.6) is 5.75 Å². The van der Waals surface area contributed by atoms with E-state index >= 15 is 0 Å². The van der Waals surface area contributed by atoms with Gasteiger partial charge in [-0.1, -0.05) is 5.92 Å². The maximum atomic E-state index is 12.6. The van der Waals surface area contributed by atoms with Crippen LogP contribution in [0.2, 0.25) is 0 Å². The lowest BCUT2D eigenvalue weighted by molar-refractivity contribution is -0.126. The average Bonchev–Trinajstić information content (AvgIpc) is 2.29. The highest BCUT2D eigenvalue weighted by atomic mass is 19.1. The van der Waals surface area contributed by atoms with Gasteiger partial charge in [-0.25, -0.2) is 4.39 Å². The van der Waals surface area contributed by atoms with Crippen LogP contribution < -0.4 is 10.1 Å². The molecule has 0 fully saturated rings. The Balaban J connectivity index is 2.51. The Hall–Kier alpha value is -2.02. The summed E-state index contributed by atoms with van der Waals surface area (Å²) in [6.45, 7) is 1.76. The fourth-order valence-corrected chi connectivity index (χ4v) is 1.05. The van der Waals surface area contributed by atoms with Gasteiger partial charge >= 0.3 is 0 Å². The Morgan fingerprint density at radius 3 is 2.75 bits per heavy atom. The lowest BCUT2D eigenvalue weighted by Gasteiger charge is -2.13. The summed E-state index contributed by atoms with van der Waals surface area (Å²) in [6.07, 6.45) is 4.33. The smallest absolute Gasteiger partial charge is 0.261 e. The number of terminal acetylenes is 1. The van der Waals surface area contributed by atoms with E-state index in [2.05, 4.69) is 11.2 Å². The van der Waals surface area contributed by atoms with E-state index in [1.807, 2.05) is 0 Å². The Kier molecular flexibility index (Phi) is 4.34. The Bertz CT molecular complexity index is 394. The highest BCUT2D eigenvalue weighted by Crippen LogP contribution is 2.12. The molecule has 1 amide bonds. The number of carbonyl (C=O) groups is 1. The van der Waals surface area contributed by atoms with Crippen LogP contribution in [0.25, 0.3) is 0 Å². The molecule has 0 radical (unpaired) electrons. The summed E-state index contributed by atoms with van der Waals surface area (Å²) in [7, 11) is 0. The first kappa shape index (κ1) is 12.1. The molecule has 0 heterocycles. The largest absolute Gasteiger partial charge is 0.481 e. The number of hydrogen-bond donors (Lipinski definition) is 1. The summed E-state index contributed by atoms with van der Waals surface area (Å²) in [6, 6.07) is 5.45. The van der Waals surface area contributed by atoms with E-state index in [0.29, 0.717) is 5.75 Å². The number of halogens is 1. The van der Waals surface area contributed by atoms with Gasteiger partial charge in [-0.3, -0.25) is 4.79 Å². The first-order valence-corrected chi connectivity index (χ1v) is 4.77. The zero-order valence-corrected chi connectivity index (χ0v) is 8.87. The van der Waals surface area contributed by atoms with E-state index in [1.165, 1.54) is 24.3 Å². The lowest BCUT2D eigenvalue weighted by atomic mass is 10.3. The molecular weight excluding hydrogens is 209 g/mol. The molecule has 0 aromatic heterocycles. The number of nitrogens with one attached hydrogen (secondary N) is 1. The Morgan fingerprint density at radius 1 is 1.56 bits per heavy atom. The normalized spacial score (nSPS) is 11.3. The lowest BCUT2D eigenvalue weighted by Crippen LogP contribution is -2.36. The molecule has 0 bridgehead atoms. The molecule has 0 spiro atoms. The zero-order valence-electron chi connectivity index (χ0n) is 8.87. The van der Waals surface area contributed by atoms with E-state index in [0.717, 1.165) is 0 Å². The zero-order chi connectivity index (χ0) is 12.0. The predicted octanol–water partition coefficient (Wildman–Crippen LogP) is 1.34. The van der Waals surface area contributed by atoms with Crippen molar-refractivity contribution in [2.24, 2.45) is 0 Å². The maximum Gasteiger partial charge on any atom is 0.261 e. The van der Waals surface area contributed by atoms with Crippen LogP contribution in [-0.2, 0) is 4.79 Å². The van der Waals surface area contributed by atoms with Crippen molar-refractivity contribution in [1.82, 2.24) is 5.32 Å². The van der Waals surface area contributed by atoms with Gasteiger partial charge in [0.05, 0.1) is 6.54 Å². The second-order valence-corrected chi connectivity index (χ2v) is 3.14. The van der Waals surface area contributed by atoms with Gasteiger partial charge in [0.15, 0.2) is 6.10 Å². The van der Waals surface area contributed by atoms with Crippen molar-refractivity contribution in [2.75, 3.05) is 6.54 Å². The summed E-state index contributed by atoms with van der Waals surface area (Å²) >= 11 is 0. The summed E-state index contributed by atoms with van der Waals surface area (Å²) in [5.41, 5.74) is 0. The van der Waals surface area contributed by atoms with Crippen LogP contribution in [-0.4, -0.2) is 18.6 Å². The standard InChI is InChI=1S/C12H12FNO2/c1-3-8-14-12(15)9(2)16-11-6-4-10(13)5-7-11/h1,4-7,9H,8H2,2H3,(H,14,15). The molecule has 1 N–H and O–H groups in total. The highest BCUT2D eigenvalue weighted by Gasteiger charge is 2.13. The molecule has 84 valence electrons. The minimum absolute atomic E-state index is 0.163. The fraction of sp³-hybridized carbons (Fsp3) is 0.250. The number of ether oxygens (including phenoxy) is 1. The summed E-state index contributed by atoms with van der Waals surface area (Å²) in [4.78, 5) is 11.4. The molecule has 4 heteroatoms. The summed E-state index contributed by atoms with van der Waals surface area (Å²) in [5, 5.41) is 2.49. The molecule has 0 aliphatic rings. The van der Waals surface area contributed by atoms with Crippen LogP contribution in [0.4, 0.5) is 4.39 Å². The third kappa shape index (κ3) is 3.62. The number of rotatable bonds is 4. The second-order valence-electron chi connectivity index (χ2n) is 3.14. The van der Waals surface area contributed by atoms with E-state index in [-0.39, 0.29) is 18.3 Å². The third-order valence-corrected chi connectivity index (χ3v) is 1.86. The van der Waals surface area contributed by atoms with Gasteiger partial charge in [0.25, 0.3) is 5.91 Å². The molecule has 3 nitrogen and oxygen atoms in total. The number of carbonyl (C=O) groups excluding carboxylic acids is 1. The number of amides is 1. The molecule has 16 heavy (non-hydrogen) atoms. The molecule has 1 rings (SSSR count). The van der Waals surface area contributed by atoms with Gasteiger partial charge in [-0.2, -0.15) is 0 Å². The van der Waals surface area contributed by atoms with Crippen molar-refractivity contribution in [3.8, 4) is 18.1 Å². The molecular formula is C12H12FNO2. The van der Waals surface area contributed by atoms with Crippen molar-refractivity contribution < 1.29 is 13.9 Å². The molecule has 1 aromatic carbocycles. The van der Waals surface area contributed by atoms with Crippen LogP contribution in [0.3, 0.4) is 0 Å². The second kappa shape index (κ2) is 5.76. The topological polar surface area (TPSA) is 38.3 Å². The predicted molar refractivity (Wildman–Crippen MR) is 58.3 cm³/mol. The summed E-state index contributed by atoms with van der Waals surface area (Å²) < 4.78 is 17.9. The minimum Gasteiger partial charge on any atom is -0.481 e. The van der Waals surface area contributed by atoms with Gasteiger partial charge in [0, 0.05) is 0 Å². The third-order valence-electron chi connectivity index (χ3n) is 1.86. The van der Waals surface area contributed by atoms with Crippen LogP contribution in [0.15, 0.2) is 24.3 Å². The molecule has 0 aliphatic heterocycles. The van der Waals surface area contributed by atoms with Gasteiger partial charge in [0.2, 0.25) is 0 Å². The van der Waals surface area contributed by atoms with Crippen molar-refractivity contribution in [1.29, 1.82) is 0 Å². The highest BCUT2D eigenvalue weighted by molar-refractivity contribution is 5.80. The SMILES string of the molecule is C#CCNC(=O)C(C)Oc1ccc(F)cc1. The Morgan fingerprint density at radius 2 is 2.19 bits per heavy atom. The minimum atomic E-state index is -0.668. The summed E-state index contributed by atoms with van der Waals surface area (Å²) in [5.74, 6) is 2.07. The van der Waals surface area contributed by atoms with Crippen LogP contribution in [0, 0.1) is 18.2 Å². The Labute approximate surface area is 93.6 Å². The quantitative estimate of drug-likeness (QED) is 0.779. The molecule has 1 atom stereocenters. The molecule has 0 saturated carbocycles. The van der Waals surface area contributed by atoms with Crippen molar-refractivity contribution in [3.63, 3.8) is 0 Å². The van der Waals surface area contributed by atoms with Gasteiger partial charge in [-0.15, -0.1) is 6.42 Å². The number of benzene rings is 1. The maximum absolute atomic E-state index is 12.6. The first-order chi connectivity index (χ1) is 7.63. The van der Waals surface area contributed by atoms with Crippen LogP contribution in [0.1, 0.15) is 6.92 Å². The monoisotopic (exact) mass is 221 g/mol. The average molecular weight is 221 g/mol. The van der Waals surface area contributed by atoms with Crippen LogP contribution >= 0.6 is 0 Å². The van der Waals surface area contributed by atoms with E-state index in [9.17, 15) is 9.18 Å². The van der Waals surface area contributed by atoms with Crippen molar-refractivity contribution >= 4 is 5.91 Å². The van der Waals surface area contributed by atoms with Crippen molar-refractivity contribution in [3.05, 3.63) is 30.1 Å².